The summed E-state index contributed by atoms with van der Waals surface area (Å²) in [6.45, 7) is -0.164. The van der Waals surface area contributed by atoms with Crippen molar-refractivity contribution in [2.75, 3.05) is 5.73 Å². The fourth-order valence-corrected chi connectivity index (χ4v) is 1.57. The third-order valence-electron chi connectivity index (χ3n) is 2.52. The van der Waals surface area contributed by atoms with E-state index in [4.69, 9.17) is 15.7 Å². The van der Waals surface area contributed by atoms with Crippen molar-refractivity contribution in [1.29, 1.82) is 5.26 Å². The van der Waals surface area contributed by atoms with Gasteiger partial charge in [0.25, 0.3) is 0 Å². The van der Waals surface area contributed by atoms with Gasteiger partial charge >= 0.3 is 0 Å². The summed E-state index contributed by atoms with van der Waals surface area (Å²) >= 11 is 0. The Morgan fingerprint density at radius 1 is 1.16 bits per heavy atom. The van der Waals surface area contributed by atoms with E-state index in [-0.39, 0.29) is 23.5 Å². The van der Waals surface area contributed by atoms with Gasteiger partial charge in [-0.15, -0.1) is 0 Å². The van der Waals surface area contributed by atoms with Gasteiger partial charge in [-0.2, -0.15) is 5.26 Å². The molecule has 0 unspecified atom stereocenters. The molecule has 2 rings (SSSR count). The quantitative estimate of drug-likeness (QED) is 0.863. The van der Waals surface area contributed by atoms with E-state index >= 15 is 0 Å². The van der Waals surface area contributed by atoms with Crippen molar-refractivity contribution in [1.82, 2.24) is 0 Å². The number of nitrogen functional groups attached to an aromatic ring is 1. The summed E-state index contributed by atoms with van der Waals surface area (Å²) in [6, 6.07) is 9.58. The van der Waals surface area contributed by atoms with Crippen LogP contribution in [0.5, 0.6) is 5.75 Å². The minimum Gasteiger partial charge on any atom is -0.487 e. The molecule has 0 radical (unpaired) electrons. The maximum atomic E-state index is 13.4. The Kier molecular flexibility index (Phi) is 3.62. The van der Waals surface area contributed by atoms with E-state index in [9.17, 15) is 8.78 Å². The normalized spacial score (nSPS) is 9.95. The highest BCUT2D eigenvalue weighted by molar-refractivity contribution is 5.53. The third-order valence-corrected chi connectivity index (χ3v) is 2.52. The van der Waals surface area contributed by atoms with Gasteiger partial charge in [0.15, 0.2) is 0 Å². The van der Waals surface area contributed by atoms with Crippen LogP contribution in [0.3, 0.4) is 0 Å². The zero-order valence-corrected chi connectivity index (χ0v) is 9.86. The molecule has 0 saturated carbocycles. The van der Waals surface area contributed by atoms with Gasteiger partial charge in [-0.25, -0.2) is 8.78 Å². The molecule has 0 aliphatic carbocycles. The van der Waals surface area contributed by atoms with E-state index in [1.165, 1.54) is 12.1 Å². The molecule has 3 nitrogen and oxygen atoms in total. The number of rotatable bonds is 3. The molecule has 0 fully saturated rings. The van der Waals surface area contributed by atoms with Gasteiger partial charge in [-0.1, -0.05) is 0 Å². The second kappa shape index (κ2) is 5.36. The molecule has 0 amide bonds. The molecule has 0 heterocycles. The van der Waals surface area contributed by atoms with Crippen LogP contribution in [-0.2, 0) is 6.61 Å². The van der Waals surface area contributed by atoms with Gasteiger partial charge in [0, 0.05) is 11.3 Å². The molecular formula is C14H10F2N2O. The lowest BCUT2D eigenvalue weighted by Crippen LogP contribution is -2.01. The fraction of sp³-hybridized carbons (Fsp3) is 0.0714. The van der Waals surface area contributed by atoms with Crippen molar-refractivity contribution in [3.8, 4) is 11.8 Å². The maximum Gasteiger partial charge on any atom is 0.137 e. The van der Waals surface area contributed by atoms with Gasteiger partial charge in [-0.3, -0.25) is 0 Å². The second-order valence-electron chi connectivity index (χ2n) is 3.89. The molecule has 0 spiro atoms. The molecule has 2 N–H and O–H groups in total. The van der Waals surface area contributed by atoms with E-state index in [0.29, 0.717) is 5.69 Å². The monoisotopic (exact) mass is 260 g/mol. The number of hydrogen-bond acceptors (Lipinski definition) is 3. The molecule has 5 heteroatoms. The first-order valence-corrected chi connectivity index (χ1v) is 5.46. The molecule has 0 aliphatic rings. The SMILES string of the molecule is N#Cc1cc(N)ccc1OCc1cc(F)ccc1F. The van der Waals surface area contributed by atoms with E-state index in [1.54, 1.807) is 6.07 Å². The van der Waals surface area contributed by atoms with Crippen LogP contribution in [0.4, 0.5) is 14.5 Å². The average molecular weight is 260 g/mol. The smallest absolute Gasteiger partial charge is 0.137 e. The highest BCUT2D eigenvalue weighted by Gasteiger charge is 2.08. The van der Waals surface area contributed by atoms with Crippen LogP contribution in [0.2, 0.25) is 0 Å². The first kappa shape index (κ1) is 12.8. The van der Waals surface area contributed by atoms with Crippen LogP contribution in [-0.4, -0.2) is 0 Å². The summed E-state index contributed by atoms with van der Waals surface area (Å²) in [5, 5.41) is 8.92. The van der Waals surface area contributed by atoms with Crippen molar-refractivity contribution in [3.05, 3.63) is 59.2 Å². The largest absolute Gasteiger partial charge is 0.487 e. The van der Waals surface area contributed by atoms with Gasteiger partial charge in [0.05, 0.1) is 5.56 Å². The van der Waals surface area contributed by atoms with Crippen LogP contribution in [0.1, 0.15) is 11.1 Å². The third kappa shape index (κ3) is 2.99. The maximum absolute atomic E-state index is 13.4. The Labute approximate surface area is 108 Å². The number of nitriles is 1. The second-order valence-corrected chi connectivity index (χ2v) is 3.89. The number of hydrogen-bond donors (Lipinski definition) is 1. The van der Waals surface area contributed by atoms with Gasteiger partial charge in [0.2, 0.25) is 0 Å². The first-order valence-electron chi connectivity index (χ1n) is 5.46. The van der Waals surface area contributed by atoms with Crippen molar-refractivity contribution >= 4 is 5.69 Å². The number of anilines is 1. The van der Waals surface area contributed by atoms with E-state index in [0.717, 1.165) is 18.2 Å². The highest BCUT2D eigenvalue weighted by atomic mass is 19.1. The summed E-state index contributed by atoms with van der Waals surface area (Å²) < 4.78 is 31.7. The summed E-state index contributed by atoms with van der Waals surface area (Å²) in [4.78, 5) is 0. The molecule has 0 atom stereocenters. The van der Waals surface area contributed by atoms with Gasteiger partial charge in [0.1, 0.15) is 30.1 Å². The van der Waals surface area contributed by atoms with Crippen LogP contribution in [0.25, 0.3) is 0 Å². The molecule has 0 aromatic heterocycles. The molecule has 2 aromatic rings. The van der Waals surface area contributed by atoms with Gasteiger partial charge in [-0.05, 0) is 36.4 Å². The topological polar surface area (TPSA) is 59.0 Å². The lowest BCUT2D eigenvalue weighted by Gasteiger charge is -2.09. The number of halogens is 2. The number of nitrogens with two attached hydrogens (primary N) is 1. The highest BCUT2D eigenvalue weighted by Crippen LogP contribution is 2.22. The Bertz CT molecular complexity index is 650. The minimum absolute atomic E-state index is 0.0840. The molecule has 0 bridgehead atoms. The molecule has 19 heavy (non-hydrogen) atoms. The van der Waals surface area contributed by atoms with Crippen LogP contribution in [0, 0.1) is 23.0 Å². The van der Waals surface area contributed by atoms with Crippen molar-refractivity contribution in [2.45, 2.75) is 6.61 Å². The van der Waals surface area contributed by atoms with Crippen molar-refractivity contribution < 1.29 is 13.5 Å². The van der Waals surface area contributed by atoms with E-state index in [1.807, 2.05) is 6.07 Å². The van der Waals surface area contributed by atoms with Crippen molar-refractivity contribution in [2.24, 2.45) is 0 Å². The lowest BCUT2D eigenvalue weighted by atomic mass is 10.2. The number of benzene rings is 2. The molecule has 2 aromatic carbocycles. The average Bonchev–Trinajstić information content (AvgIpc) is 2.40. The zero-order valence-electron chi connectivity index (χ0n) is 9.86. The van der Waals surface area contributed by atoms with Crippen LogP contribution >= 0.6 is 0 Å². The number of ether oxygens (including phenoxy) is 1. The predicted octanol–water partition coefficient (Wildman–Crippen LogP) is 3.00. The number of nitrogens with zero attached hydrogens (tertiary/aromatic N) is 1. The van der Waals surface area contributed by atoms with Crippen LogP contribution < -0.4 is 10.5 Å². The van der Waals surface area contributed by atoms with Gasteiger partial charge < -0.3 is 10.5 Å². The first-order chi connectivity index (χ1) is 9.10. The predicted molar refractivity (Wildman–Crippen MR) is 66.3 cm³/mol. The summed E-state index contributed by atoms with van der Waals surface area (Å²) in [7, 11) is 0. The summed E-state index contributed by atoms with van der Waals surface area (Å²) in [5.74, 6) is -0.825. The fourth-order valence-electron chi connectivity index (χ4n) is 1.57. The molecule has 0 aliphatic heterocycles. The Balaban J connectivity index is 2.19. The Hall–Kier alpha value is -2.61. The Morgan fingerprint density at radius 2 is 1.95 bits per heavy atom. The standard InChI is InChI=1S/C14H10F2N2O/c15-11-1-3-13(16)10(5-11)8-19-14-4-2-12(18)6-9(14)7-17/h1-6H,8,18H2. The van der Waals surface area contributed by atoms with Crippen molar-refractivity contribution in [3.63, 3.8) is 0 Å². The molecule has 0 saturated heterocycles. The van der Waals surface area contributed by atoms with Crippen LogP contribution in [0.15, 0.2) is 36.4 Å². The molecule has 96 valence electrons. The Morgan fingerprint density at radius 3 is 2.68 bits per heavy atom. The minimum atomic E-state index is -0.560. The van der Waals surface area contributed by atoms with E-state index < -0.39 is 11.6 Å². The van der Waals surface area contributed by atoms with E-state index in [2.05, 4.69) is 0 Å². The summed E-state index contributed by atoms with van der Waals surface area (Å²) in [5.41, 5.74) is 6.30. The zero-order chi connectivity index (χ0) is 13.8. The summed E-state index contributed by atoms with van der Waals surface area (Å²) in [6.07, 6.45) is 0. The molecular weight excluding hydrogens is 250 g/mol. The lowest BCUT2D eigenvalue weighted by molar-refractivity contribution is 0.298.